The van der Waals surface area contributed by atoms with Gasteiger partial charge in [-0.15, -0.1) is 0 Å². The molecule has 0 spiro atoms. The van der Waals surface area contributed by atoms with Gasteiger partial charge in [0.1, 0.15) is 0 Å². The molecule has 4 heteroatoms. The molecular weight excluding hydrogens is 254 g/mol. The summed E-state index contributed by atoms with van der Waals surface area (Å²) in [5.74, 6) is 2.10. The number of nitrogens with two attached hydrogens (primary N) is 1. The number of halogens is 1. The van der Waals surface area contributed by atoms with Gasteiger partial charge in [-0.2, -0.15) is 0 Å². The molecule has 2 rings (SSSR count). The van der Waals surface area contributed by atoms with Gasteiger partial charge in [0.25, 0.3) is 0 Å². The molecule has 94 valence electrons. The molecule has 1 aliphatic rings. The molecule has 0 aromatic heterocycles. The van der Waals surface area contributed by atoms with Crippen LogP contribution in [0.15, 0.2) is 18.2 Å². The van der Waals surface area contributed by atoms with Crippen molar-refractivity contribution in [2.45, 2.75) is 31.4 Å². The Morgan fingerprint density at radius 2 is 2.06 bits per heavy atom. The van der Waals surface area contributed by atoms with Crippen molar-refractivity contribution in [3.63, 3.8) is 0 Å². The summed E-state index contributed by atoms with van der Waals surface area (Å²) in [6, 6.07) is 5.51. The van der Waals surface area contributed by atoms with Crippen molar-refractivity contribution >= 4 is 28.1 Å². The highest BCUT2D eigenvalue weighted by atomic mass is 35.5. The van der Waals surface area contributed by atoms with Gasteiger partial charge in [0.15, 0.2) is 0 Å². The van der Waals surface area contributed by atoms with E-state index in [1.165, 1.54) is 25.7 Å². The minimum absolute atomic E-state index is 0.565. The Morgan fingerprint density at radius 1 is 1.35 bits per heavy atom. The van der Waals surface area contributed by atoms with Crippen LogP contribution in [0, 0.1) is 5.92 Å². The van der Waals surface area contributed by atoms with E-state index < -0.39 is 10.8 Å². The smallest absolute Gasteiger partial charge is 0.0635 e. The molecule has 2 nitrogen and oxygen atoms in total. The molecule has 0 aliphatic heterocycles. The average Bonchev–Trinajstić information content (AvgIpc) is 2.76. The monoisotopic (exact) mass is 271 g/mol. The lowest BCUT2D eigenvalue weighted by atomic mass is 10.1. The molecule has 0 bridgehead atoms. The molecular formula is C13H18ClNOS. The Labute approximate surface area is 110 Å². The second-order valence-electron chi connectivity index (χ2n) is 4.76. The zero-order valence-corrected chi connectivity index (χ0v) is 11.4. The second kappa shape index (κ2) is 5.87. The largest absolute Gasteiger partial charge is 0.398 e. The first-order chi connectivity index (χ1) is 8.15. The van der Waals surface area contributed by atoms with Crippen molar-refractivity contribution < 1.29 is 4.21 Å². The van der Waals surface area contributed by atoms with Crippen molar-refractivity contribution in [3.8, 4) is 0 Å². The van der Waals surface area contributed by atoms with Crippen LogP contribution >= 0.6 is 11.6 Å². The fourth-order valence-corrected chi connectivity index (χ4v) is 4.01. The Bertz CT molecular complexity index is 416. The van der Waals surface area contributed by atoms with Crippen LogP contribution in [-0.2, 0) is 16.6 Å². The van der Waals surface area contributed by atoms with Crippen molar-refractivity contribution in [2.24, 2.45) is 5.92 Å². The predicted octanol–water partition coefficient (Wildman–Crippen LogP) is 3.36. The van der Waals surface area contributed by atoms with Crippen LogP contribution in [0.1, 0.15) is 31.2 Å². The molecule has 17 heavy (non-hydrogen) atoms. The minimum Gasteiger partial charge on any atom is -0.398 e. The Morgan fingerprint density at radius 3 is 2.71 bits per heavy atom. The first-order valence-corrected chi connectivity index (χ1v) is 7.90. The third kappa shape index (κ3) is 3.71. The zero-order valence-electron chi connectivity index (χ0n) is 9.82. The summed E-state index contributed by atoms with van der Waals surface area (Å²) in [7, 11) is -0.774. The molecule has 0 heterocycles. The first-order valence-electron chi connectivity index (χ1n) is 6.04. The van der Waals surface area contributed by atoms with Crippen LogP contribution < -0.4 is 5.73 Å². The minimum atomic E-state index is -0.774. The van der Waals surface area contributed by atoms with E-state index in [0.717, 1.165) is 11.3 Å². The van der Waals surface area contributed by atoms with Gasteiger partial charge < -0.3 is 5.73 Å². The molecule has 1 aromatic rings. The molecule has 1 aromatic carbocycles. The number of rotatable bonds is 4. The number of benzene rings is 1. The van der Waals surface area contributed by atoms with E-state index in [2.05, 4.69) is 0 Å². The van der Waals surface area contributed by atoms with Crippen molar-refractivity contribution in [3.05, 3.63) is 28.8 Å². The summed E-state index contributed by atoms with van der Waals surface area (Å²) in [6.45, 7) is 0. The van der Waals surface area contributed by atoms with Crippen LogP contribution in [0.3, 0.4) is 0 Å². The number of anilines is 1. The summed E-state index contributed by atoms with van der Waals surface area (Å²) in [4.78, 5) is 0. The summed E-state index contributed by atoms with van der Waals surface area (Å²) >= 11 is 5.85. The van der Waals surface area contributed by atoms with Crippen molar-refractivity contribution in [2.75, 3.05) is 11.5 Å². The van der Waals surface area contributed by atoms with Gasteiger partial charge in [0.2, 0.25) is 0 Å². The van der Waals surface area contributed by atoms with Gasteiger partial charge in [-0.25, -0.2) is 0 Å². The highest BCUT2D eigenvalue weighted by molar-refractivity contribution is 7.84. The maximum Gasteiger partial charge on any atom is 0.0635 e. The van der Waals surface area contributed by atoms with E-state index in [1.54, 1.807) is 6.07 Å². The number of hydrogen-bond donors (Lipinski definition) is 1. The van der Waals surface area contributed by atoms with Crippen LogP contribution in [0.5, 0.6) is 0 Å². The molecule has 1 atom stereocenters. The molecule has 0 radical (unpaired) electrons. The highest BCUT2D eigenvalue weighted by Gasteiger charge is 2.17. The third-order valence-electron chi connectivity index (χ3n) is 3.28. The predicted molar refractivity (Wildman–Crippen MR) is 74.5 cm³/mol. The Hall–Kier alpha value is -0.540. The fourth-order valence-electron chi connectivity index (χ4n) is 2.37. The summed E-state index contributed by atoms with van der Waals surface area (Å²) < 4.78 is 12.0. The number of nitrogen functional groups attached to an aromatic ring is 1. The molecule has 0 amide bonds. The van der Waals surface area contributed by atoms with Gasteiger partial charge in [-0.05, 0) is 36.5 Å². The maximum atomic E-state index is 12.0. The van der Waals surface area contributed by atoms with Gasteiger partial charge in [-0.3, -0.25) is 4.21 Å². The SMILES string of the molecule is Nc1cc(CS(=O)CC2CCCC2)ccc1Cl. The quantitative estimate of drug-likeness (QED) is 0.854. The standard InChI is InChI=1S/C13H18ClNOS/c14-12-6-5-11(7-13(12)15)9-17(16)8-10-3-1-2-4-10/h5-7,10H,1-4,8-9,15H2. The van der Waals surface area contributed by atoms with Gasteiger partial charge >= 0.3 is 0 Å². The summed E-state index contributed by atoms with van der Waals surface area (Å²) in [6.07, 6.45) is 5.09. The third-order valence-corrected chi connectivity index (χ3v) is 5.13. The Kier molecular flexibility index (Phi) is 4.46. The van der Waals surface area contributed by atoms with E-state index >= 15 is 0 Å². The van der Waals surface area contributed by atoms with Crippen LogP contribution in [0.4, 0.5) is 5.69 Å². The first kappa shape index (κ1) is 12.9. The van der Waals surface area contributed by atoms with E-state index in [1.807, 2.05) is 12.1 Å². The summed E-state index contributed by atoms with van der Waals surface area (Å²) in [5.41, 5.74) is 7.32. The summed E-state index contributed by atoms with van der Waals surface area (Å²) in [5, 5.41) is 0.565. The average molecular weight is 272 g/mol. The Balaban J connectivity index is 1.90. The van der Waals surface area contributed by atoms with E-state index in [9.17, 15) is 4.21 Å². The highest BCUT2D eigenvalue weighted by Crippen LogP contribution is 2.26. The fraction of sp³-hybridized carbons (Fsp3) is 0.538. The van der Waals surface area contributed by atoms with Crippen molar-refractivity contribution in [1.82, 2.24) is 0 Å². The molecule has 1 aliphatic carbocycles. The molecule has 1 fully saturated rings. The van der Waals surface area contributed by atoms with Gasteiger partial charge in [-0.1, -0.05) is 30.5 Å². The lowest BCUT2D eigenvalue weighted by Crippen LogP contribution is -2.09. The maximum absolute atomic E-state index is 12.0. The molecule has 2 N–H and O–H groups in total. The topological polar surface area (TPSA) is 43.1 Å². The zero-order chi connectivity index (χ0) is 12.3. The van der Waals surface area contributed by atoms with E-state index in [-0.39, 0.29) is 0 Å². The van der Waals surface area contributed by atoms with E-state index in [0.29, 0.717) is 22.4 Å². The molecule has 0 saturated heterocycles. The van der Waals surface area contributed by atoms with Crippen LogP contribution in [-0.4, -0.2) is 9.96 Å². The van der Waals surface area contributed by atoms with Crippen LogP contribution in [0.25, 0.3) is 0 Å². The van der Waals surface area contributed by atoms with Crippen LogP contribution in [0.2, 0.25) is 5.02 Å². The lowest BCUT2D eigenvalue weighted by Gasteiger charge is -2.09. The van der Waals surface area contributed by atoms with Gasteiger partial charge in [0.05, 0.1) is 10.7 Å². The van der Waals surface area contributed by atoms with Crippen molar-refractivity contribution in [1.29, 1.82) is 0 Å². The van der Waals surface area contributed by atoms with E-state index in [4.69, 9.17) is 17.3 Å². The lowest BCUT2D eigenvalue weighted by molar-refractivity contribution is 0.604. The second-order valence-corrected chi connectivity index (χ2v) is 6.67. The molecule has 1 unspecified atom stereocenters. The normalized spacial score (nSPS) is 18.4. The molecule has 1 saturated carbocycles. The van der Waals surface area contributed by atoms with Gasteiger partial charge in [0, 0.05) is 22.3 Å². The number of hydrogen-bond acceptors (Lipinski definition) is 2.